The number of unbranched alkanes of at least 4 members (excludes halogenated alkanes) is 2. The van der Waals surface area contributed by atoms with Gasteiger partial charge in [0.05, 0.1) is 23.1 Å². The number of nitrogens with zero attached hydrogens (tertiary/aromatic N) is 3. The van der Waals surface area contributed by atoms with Gasteiger partial charge in [0.25, 0.3) is 5.91 Å². The van der Waals surface area contributed by atoms with Crippen molar-refractivity contribution < 1.29 is 19.4 Å². The molecule has 2 aromatic heterocycles. The maximum Gasteiger partial charge on any atom is 0.296 e. The molecule has 1 N–H and O–H groups in total. The molecule has 0 fully saturated rings. The van der Waals surface area contributed by atoms with E-state index in [-0.39, 0.29) is 11.4 Å². The monoisotopic (exact) mass is 591 g/mol. The normalized spacial score (nSPS) is 15.2. The molecule has 0 bridgehead atoms. The number of Topliss-reactive ketones (excluding diaryl/α,β-unsaturated/α-hetero) is 1. The number of aliphatic hydroxyl groups is 1. The van der Waals surface area contributed by atoms with Crippen molar-refractivity contribution >= 4 is 51.3 Å². The highest BCUT2D eigenvalue weighted by atomic mass is 32.2. The van der Waals surface area contributed by atoms with Crippen molar-refractivity contribution in [1.82, 2.24) is 10.2 Å². The number of carbonyl (C=O) groups is 2. The molecule has 2 aromatic carbocycles. The Kier molecular flexibility index (Phi) is 8.98. The second-order valence-electron chi connectivity index (χ2n) is 9.40. The van der Waals surface area contributed by atoms with Crippen LogP contribution in [0, 0.1) is 6.92 Å². The van der Waals surface area contributed by atoms with Gasteiger partial charge in [-0.3, -0.25) is 14.5 Å². The number of ether oxygens (including phenoxy) is 1. The first-order valence-electron chi connectivity index (χ1n) is 13.1. The number of thioether (sulfide) groups is 1. The van der Waals surface area contributed by atoms with E-state index in [2.05, 4.69) is 41.4 Å². The van der Waals surface area contributed by atoms with E-state index in [9.17, 15) is 14.7 Å². The highest BCUT2D eigenvalue weighted by molar-refractivity contribution is 8.00. The standard InChI is InChI=1S/C30H29N3O4S3/c1-3-4-5-15-37-22-9-6-8-21(17-22)25-24(26(34)23-10-7-16-38-23)27(35)28(36)33(25)29-31-32-30(40-29)39-18-20-13-11-19(2)12-14-20/h6-14,16-17,25,35H,3-5,15,18H2,1-2H3. The van der Waals surface area contributed by atoms with Gasteiger partial charge in [-0.25, -0.2) is 0 Å². The number of hydrogen-bond donors (Lipinski definition) is 1. The molecule has 7 nitrogen and oxygen atoms in total. The average molecular weight is 592 g/mol. The molecule has 0 spiro atoms. The Morgan fingerprint density at radius 1 is 1.10 bits per heavy atom. The fraction of sp³-hybridized carbons (Fsp3) is 0.267. The lowest BCUT2D eigenvalue weighted by Crippen LogP contribution is -2.31. The summed E-state index contributed by atoms with van der Waals surface area (Å²) in [6, 6.07) is 18.2. The van der Waals surface area contributed by atoms with Gasteiger partial charge in [-0.15, -0.1) is 21.5 Å². The number of carbonyl (C=O) groups excluding carboxylic acids is 2. The summed E-state index contributed by atoms with van der Waals surface area (Å²) in [5, 5.41) is 21.8. The fourth-order valence-electron chi connectivity index (χ4n) is 4.39. The van der Waals surface area contributed by atoms with Gasteiger partial charge in [0.1, 0.15) is 5.75 Å². The van der Waals surface area contributed by atoms with E-state index >= 15 is 0 Å². The predicted octanol–water partition coefficient (Wildman–Crippen LogP) is 7.55. The number of benzene rings is 2. The van der Waals surface area contributed by atoms with Gasteiger partial charge >= 0.3 is 0 Å². The number of aryl methyl sites for hydroxylation is 1. The van der Waals surface area contributed by atoms with Crippen LogP contribution < -0.4 is 9.64 Å². The Morgan fingerprint density at radius 2 is 1.93 bits per heavy atom. The Morgan fingerprint density at radius 3 is 2.67 bits per heavy atom. The summed E-state index contributed by atoms with van der Waals surface area (Å²) in [5.74, 6) is -0.287. The van der Waals surface area contributed by atoms with Gasteiger partial charge in [0, 0.05) is 5.75 Å². The SMILES string of the molecule is CCCCCOc1cccc(C2C(C(=O)c3cccs3)=C(O)C(=O)N2c2nnc(SCc3ccc(C)cc3)s2)c1. The molecule has 1 unspecified atom stereocenters. The predicted molar refractivity (Wildman–Crippen MR) is 161 cm³/mol. The summed E-state index contributed by atoms with van der Waals surface area (Å²) < 4.78 is 6.65. The molecule has 40 heavy (non-hydrogen) atoms. The van der Waals surface area contributed by atoms with Crippen molar-refractivity contribution in [3.8, 4) is 5.75 Å². The lowest BCUT2D eigenvalue weighted by Gasteiger charge is -2.24. The topological polar surface area (TPSA) is 92.6 Å². The van der Waals surface area contributed by atoms with Crippen LogP contribution in [0.3, 0.4) is 0 Å². The average Bonchev–Trinajstić information content (AvgIpc) is 3.72. The highest BCUT2D eigenvalue weighted by Crippen LogP contribution is 2.44. The fourth-order valence-corrected chi connectivity index (χ4v) is 6.90. The van der Waals surface area contributed by atoms with Gasteiger partial charge < -0.3 is 9.84 Å². The quantitative estimate of drug-likeness (QED) is 0.0787. The maximum absolute atomic E-state index is 13.6. The molecule has 0 aliphatic carbocycles. The van der Waals surface area contributed by atoms with Crippen molar-refractivity contribution in [2.75, 3.05) is 11.5 Å². The minimum Gasteiger partial charge on any atom is -0.503 e. The van der Waals surface area contributed by atoms with E-state index in [1.807, 2.05) is 31.2 Å². The summed E-state index contributed by atoms with van der Waals surface area (Å²) in [5.41, 5.74) is 3.02. The van der Waals surface area contributed by atoms with Crippen LogP contribution in [-0.4, -0.2) is 33.6 Å². The van der Waals surface area contributed by atoms with Crippen molar-refractivity contribution in [2.45, 2.75) is 49.2 Å². The number of amides is 1. The van der Waals surface area contributed by atoms with Crippen molar-refractivity contribution in [2.24, 2.45) is 0 Å². The third-order valence-corrected chi connectivity index (χ3v) is 9.47. The third kappa shape index (κ3) is 6.14. The summed E-state index contributed by atoms with van der Waals surface area (Å²) in [6.07, 6.45) is 3.10. The molecule has 0 saturated heterocycles. The van der Waals surface area contributed by atoms with E-state index in [0.29, 0.717) is 38.0 Å². The zero-order chi connectivity index (χ0) is 28.1. The zero-order valence-electron chi connectivity index (χ0n) is 22.2. The molecular weight excluding hydrogens is 563 g/mol. The zero-order valence-corrected chi connectivity index (χ0v) is 24.7. The maximum atomic E-state index is 13.6. The van der Waals surface area contributed by atoms with Gasteiger partial charge in [0.15, 0.2) is 10.1 Å². The summed E-state index contributed by atoms with van der Waals surface area (Å²) in [6.45, 7) is 4.76. The number of rotatable bonds is 12. The summed E-state index contributed by atoms with van der Waals surface area (Å²) in [7, 11) is 0. The van der Waals surface area contributed by atoms with Crippen LogP contribution in [0.15, 0.2) is 81.7 Å². The summed E-state index contributed by atoms with van der Waals surface area (Å²) in [4.78, 5) is 28.9. The van der Waals surface area contributed by atoms with E-state index in [0.717, 1.165) is 24.8 Å². The third-order valence-electron chi connectivity index (χ3n) is 6.47. The van der Waals surface area contributed by atoms with Gasteiger partial charge in [-0.05, 0) is 48.1 Å². The molecule has 10 heteroatoms. The molecule has 0 radical (unpaired) electrons. The Bertz CT molecular complexity index is 1510. The molecule has 5 rings (SSSR count). The van der Waals surface area contributed by atoms with Crippen LogP contribution in [-0.2, 0) is 10.5 Å². The molecule has 206 valence electrons. The van der Waals surface area contributed by atoms with Crippen molar-refractivity contribution in [1.29, 1.82) is 0 Å². The Labute approximate surface area is 245 Å². The lowest BCUT2D eigenvalue weighted by atomic mass is 9.95. The first-order valence-corrected chi connectivity index (χ1v) is 15.7. The first-order chi connectivity index (χ1) is 19.5. The van der Waals surface area contributed by atoms with Crippen LogP contribution in [0.25, 0.3) is 0 Å². The number of hydrogen-bond acceptors (Lipinski definition) is 9. The minimum atomic E-state index is -0.871. The van der Waals surface area contributed by atoms with Crippen LogP contribution >= 0.6 is 34.4 Å². The number of anilines is 1. The first kappa shape index (κ1) is 28.1. The Balaban J connectivity index is 1.46. The number of thiophene rings is 1. The van der Waals surface area contributed by atoms with Crippen LogP contribution in [0.2, 0.25) is 0 Å². The molecule has 0 saturated carbocycles. The molecule has 1 atom stereocenters. The van der Waals surface area contributed by atoms with Gasteiger partial charge in [-0.1, -0.05) is 90.9 Å². The van der Waals surface area contributed by atoms with E-state index < -0.39 is 17.7 Å². The smallest absolute Gasteiger partial charge is 0.296 e. The second kappa shape index (κ2) is 12.8. The second-order valence-corrected chi connectivity index (χ2v) is 12.5. The minimum absolute atomic E-state index is 0.0274. The van der Waals surface area contributed by atoms with Crippen molar-refractivity contribution in [3.63, 3.8) is 0 Å². The van der Waals surface area contributed by atoms with E-state index in [4.69, 9.17) is 4.74 Å². The van der Waals surface area contributed by atoms with Gasteiger partial charge in [-0.2, -0.15) is 0 Å². The van der Waals surface area contributed by atoms with E-state index in [1.54, 1.807) is 17.5 Å². The number of aromatic nitrogens is 2. The van der Waals surface area contributed by atoms with Gasteiger partial charge in [0.2, 0.25) is 10.9 Å². The Hall–Kier alpha value is -3.47. The van der Waals surface area contributed by atoms with Crippen LogP contribution in [0.5, 0.6) is 5.75 Å². The van der Waals surface area contributed by atoms with Crippen LogP contribution in [0.1, 0.15) is 58.6 Å². The molecule has 1 aliphatic rings. The van der Waals surface area contributed by atoms with E-state index in [1.165, 1.54) is 44.9 Å². The highest BCUT2D eigenvalue weighted by Gasteiger charge is 2.46. The lowest BCUT2D eigenvalue weighted by molar-refractivity contribution is -0.117. The summed E-state index contributed by atoms with van der Waals surface area (Å²) >= 11 is 4.05. The number of aliphatic hydroxyl groups excluding tert-OH is 1. The molecule has 1 amide bonds. The van der Waals surface area contributed by atoms with Crippen LogP contribution in [0.4, 0.5) is 5.13 Å². The van der Waals surface area contributed by atoms with Crippen molar-refractivity contribution in [3.05, 3.63) is 98.9 Å². The molecular formula is C30H29N3O4S3. The molecule has 4 aromatic rings. The largest absolute Gasteiger partial charge is 0.503 e. The molecule has 1 aliphatic heterocycles. The number of ketones is 1. The molecule has 3 heterocycles.